The summed E-state index contributed by atoms with van der Waals surface area (Å²) in [5.74, 6) is 5.48. The summed E-state index contributed by atoms with van der Waals surface area (Å²) >= 11 is 0. The number of aryl methyl sites for hydroxylation is 1. The van der Waals surface area contributed by atoms with Gasteiger partial charge in [0.25, 0.3) is 0 Å². The molecule has 1 N–H and O–H groups in total. The zero-order chi connectivity index (χ0) is 15.0. The molecule has 1 atom stereocenters. The van der Waals surface area contributed by atoms with E-state index in [1.807, 2.05) is 23.8 Å². The molecule has 1 fully saturated rings. The highest BCUT2D eigenvalue weighted by molar-refractivity contribution is 6.00. The normalized spacial score (nSPS) is 18.3. The predicted octanol–water partition coefficient (Wildman–Crippen LogP) is 1.69. The first-order valence-corrected chi connectivity index (χ1v) is 6.84. The SMILES string of the molecule is CC#Cc1ccnc2c1c(C)cn2C1CCC(=O)NC1=O. The van der Waals surface area contributed by atoms with Crippen LogP contribution >= 0.6 is 0 Å². The largest absolute Gasteiger partial charge is 0.320 e. The summed E-state index contributed by atoms with van der Waals surface area (Å²) in [6.07, 6.45) is 4.46. The van der Waals surface area contributed by atoms with E-state index in [0.717, 1.165) is 22.2 Å². The van der Waals surface area contributed by atoms with Gasteiger partial charge < -0.3 is 4.57 Å². The number of rotatable bonds is 1. The average Bonchev–Trinajstić information content (AvgIpc) is 2.78. The molecule has 2 aromatic rings. The highest BCUT2D eigenvalue weighted by atomic mass is 16.2. The second kappa shape index (κ2) is 5.06. The summed E-state index contributed by atoms with van der Waals surface area (Å²) in [7, 11) is 0. The first kappa shape index (κ1) is 13.4. The molecule has 5 nitrogen and oxygen atoms in total. The summed E-state index contributed by atoms with van der Waals surface area (Å²) in [5, 5.41) is 3.36. The third kappa shape index (κ3) is 2.19. The molecule has 0 saturated carbocycles. The van der Waals surface area contributed by atoms with E-state index in [1.54, 1.807) is 13.1 Å². The Balaban J connectivity index is 2.16. The second-order valence-electron chi connectivity index (χ2n) is 5.12. The lowest BCUT2D eigenvalue weighted by molar-refractivity contribution is -0.135. The van der Waals surface area contributed by atoms with Crippen LogP contribution in [0, 0.1) is 18.8 Å². The number of imide groups is 1. The standard InChI is InChI=1S/C16H15N3O2/c1-3-4-11-7-8-17-15-14(11)10(2)9-19(15)12-5-6-13(20)18-16(12)21/h7-9,12H,5-6H2,1-2H3,(H,18,20,21). The number of aromatic nitrogens is 2. The van der Waals surface area contributed by atoms with Gasteiger partial charge in [0.05, 0.1) is 0 Å². The molecule has 21 heavy (non-hydrogen) atoms. The minimum Gasteiger partial charge on any atom is -0.320 e. The van der Waals surface area contributed by atoms with E-state index in [4.69, 9.17) is 0 Å². The Morgan fingerprint density at radius 3 is 2.95 bits per heavy atom. The Hall–Kier alpha value is -2.61. The highest BCUT2D eigenvalue weighted by Gasteiger charge is 2.29. The Morgan fingerprint density at radius 2 is 2.24 bits per heavy atom. The summed E-state index contributed by atoms with van der Waals surface area (Å²) < 4.78 is 1.85. The van der Waals surface area contributed by atoms with E-state index < -0.39 is 6.04 Å². The molecular weight excluding hydrogens is 266 g/mol. The lowest BCUT2D eigenvalue weighted by atomic mass is 10.1. The van der Waals surface area contributed by atoms with Gasteiger partial charge in [0.15, 0.2) is 0 Å². The maximum Gasteiger partial charge on any atom is 0.249 e. The van der Waals surface area contributed by atoms with Gasteiger partial charge in [-0.2, -0.15) is 0 Å². The van der Waals surface area contributed by atoms with Crippen LogP contribution in [-0.4, -0.2) is 21.4 Å². The first-order chi connectivity index (χ1) is 10.1. The van der Waals surface area contributed by atoms with Gasteiger partial charge in [-0.15, -0.1) is 5.92 Å². The number of carbonyl (C=O) groups excluding carboxylic acids is 2. The van der Waals surface area contributed by atoms with Gasteiger partial charge in [-0.3, -0.25) is 14.9 Å². The van der Waals surface area contributed by atoms with Gasteiger partial charge in [-0.25, -0.2) is 4.98 Å². The van der Waals surface area contributed by atoms with Crippen LogP contribution in [0.2, 0.25) is 0 Å². The number of fused-ring (bicyclic) bond motifs is 1. The van der Waals surface area contributed by atoms with E-state index in [2.05, 4.69) is 22.1 Å². The molecule has 2 aromatic heterocycles. The first-order valence-electron chi connectivity index (χ1n) is 6.84. The zero-order valence-electron chi connectivity index (χ0n) is 11.9. The molecule has 2 amide bonds. The van der Waals surface area contributed by atoms with Crippen LogP contribution in [0.25, 0.3) is 11.0 Å². The molecule has 106 valence electrons. The van der Waals surface area contributed by atoms with Crippen LogP contribution in [0.3, 0.4) is 0 Å². The summed E-state index contributed by atoms with van der Waals surface area (Å²) in [6.45, 7) is 3.77. The highest BCUT2D eigenvalue weighted by Crippen LogP contribution is 2.28. The van der Waals surface area contributed by atoms with Gasteiger partial charge in [0.1, 0.15) is 11.7 Å². The summed E-state index contributed by atoms with van der Waals surface area (Å²) in [6, 6.07) is 1.48. The molecule has 1 saturated heterocycles. The summed E-state index contributed by atoms with van der Waals surface area (Å²) in [5.41, 5.74) is 2.67. The molecule has 3 rings (SSSR count). The average molecular weight is 281 g/mol. The minimum atomic E-state index is -0.392. The van der Waals surface area contributed by atoms with Crippen molar-refractivity contribution in [1.29, 1.82) is 0 Å². The number of carbonyl (C=O) groups is 2. The number of pyridine rings is 1. The monoisotopic (exact) mass is 281 g/mol. The Morgan fingerprint density at radius 1 is 1.43 bits per heavy atom. The number of amides is 2. The van der Waals surface area contributed by atoms with Crippen LogP contribution in [0.5, 0.6) is 0 Å². The van der Waals surface area contributed by atoms with Gasteiger partial charge >= 0.3 is 0 Å². The smallest absolute Gasteiger partial charge is 0.249 e. The van der Waals surface area contributed by atoms with Crippen molar-refractivity contribution in [3.05, 3.63) is 29.6 Å². The molecule has 0 aromatic carbocycles. The lowest BCUT2D eigenvalue weighted by Gasteiger charge is -2.22. The molecular formula is C16H15N3O2. The van der Waals surface area contributed by atoms with Crippen molar-refractivity contribution in [1.82, 2.24) is 14.9 Å². The van der Waals surface area contributed by atoms with Crippen LogP contribution in [0.1, 0.15) is 36.9 Å². The van der Waals surface area contributed by atoms with Gasteiger partial charge in [-0.05, 0) is 31.9 Å². The van der Waals surface area contributed by atoms with Crippen LogP contribution in [0.15, 0.2) is 18.5 Å². The van der Waals surface area contributed by atoms with Crippen molar-refractivity contribution >= 4 is 22.8 Å². The van der Waals surface area contributed by atoms with Crippen LogP contribution in [0.4, 0.5) is 0 Å². The van der Waals surface area contributed by atoms with Gasteiger partial charge in [-0.1, -0.05) is 5.92 Å². The van der Waals surface area contributed by atoms with E-state index in [9.17, 15) is 9.59 Å². The van der Waals surface area contributed by atoms with Crippen LogP contribution < -0.4 is 5.32 Å². The molecule has 0 radical (unpaired) electrons. The summed E-state index contributed by atoms with van der Waals surface area (Å²) in [4.78, 5) is 27.7. The van der Waals surface area contributed by atoms with Gasteiger partial charge in [0, 0.05) is 29.8 Å². The Labute approximate surface area is 122 Å². The molecule has 1 aliphatic rings. The fourth-order valence-corrected chi connectivity index (χ4v) is 2.79. The predicted molar refractivity (Wildman–Crippen MR) is 78.4 cm³/mol. The number of nitrogens with zero attached hydrogens (tertiary/aromatic N) is 2. The van der Waals surface area contributed by atoms with Crippen molar-refractivity contribution < 1.29 is 9.59 Å². The van der Waals surface area contributed by atoms with Gasteiger partial charge in [0.2, 0.25) is 11.8 Å². The zero-order valence-corrected chi connectivity index (χ0v) is 11.9. The molecule has 1 unspecified atom stereocenters. The number of hydrogen-bond acceptors (Lipinski definition) is 3. The molecule has 0 spiro atoms. The second-order valence-corrected chi connectivity index (χ2v) is 5.12. The minimum absolute atomic E-state index is 0.213. The van der Waals surface area contributed by atoms with Crippen molar-refractivity contribution in [3.8, 4) is 11.8 Å². The Kier molecular flexibility index (Phi) is 3.22. The van der Waals surface area contributed by atoms with Crippen molar-refractivity contribution in [3.63, 3.8) is 0 Å². The fraction of sp³-hybridized carbons (Fsp3) is 0.312. The van der Waals surface area contributed by atoms with E-state index in [1.165, 1.54) is 0 Å². The third-order valence-electron chi connectivity index (χ3n) is 3.71. The van der Waals surface area contributed by atoms with Crippen molar-refractivity contribution in [2.45, 2.75) is 32.7 Å². The van der Waals surface area contributed by atoms with Crippen LogP contribution in [-0.2, 0) is 9.59 Å². The van der Waals surface area contributed by atoms with Crippen molar-refractivity contribution in [2.75, 3.05) is 0 Å². The van der Waals surface area contributed by atoms with E-state index >= 15 is 0 Å². The van der Waals surface area contributed by atoms with E-state index in [0.29, 0.717) is 12.8 Å². The maximum atomic E-state index is 12.1. The Bertz CT molecular complexity index is 808. The molecule has 0 bridgehead atoms. The number of piperidine rings is 1. The maximum absolute atomic E-state index is 12.1. The lowest BCUT2D eigenvalue weighted by Crippen LogP contribution is -2.41. The molecule has 3 heterocycles. The topological polar surface area (TPSA) is 64.0 Å². The quantitative estimate of drug-likeness (QED) is 0.639. The molecule has 0 aliphatic carbocycles. The van der Waals surface area contributed by atoms with E-state index in [-0.39, 0.29) is 11.8 Å². The molecule has 1 aliphatic heterocycles. The molecule has 5 heteroatoms. The third-order valence-corrected chi connectivity index (χ3v) is 3.71. The fourth-order valence-electron chi connectivity index (χ4n) is 2.79. The number of nitrogens with one attached hydrogen (secondary N) is 1. The number of hydrogen-bond donors (Lipinski definition) is 1. The van der Waals surface area contributed by atoms with Crippen molar-refractivity contribution in [2.24, 2.45) is 0 Å².